The molecule has 7 heterocycles. The number of ether oxygens (including phenoxy) is 3. The van der Waals surface area contributed by atoms with Gasteiger partial charge in [-0.2, -0.15) is 9.97 Å². The number of benzene rings is 2. The summed E-state index contributed by atoms with van der Waals surface area (Å²) in [6, 6.07) is 5.04. The van der Waals surface area contributed by atoms with E-state index in [1.54, 1.807) is 0 Å². The first-order valence-electron chi connectivity index (χ1n) is 16.9. The van der Waals surface area contributed by atoms with Gasteiger partial charge in [0.05, 0.1) is 29.2 Å². The Kier molecular flexibility index (Phi) is 7.19. The third kappa shape index (κ3) is 4.96. The lowest BCUT2D eigenvalue weighted by molar-refractivity contribution is 0.0239. The standard InChI is InChI=1S/C35H37F3N6O4/c36-26-4-3-20-11-22(45)12-24(27(20)28(26)37)30-29(38)31-25(14-39-30)32-41-33(40-31)48-19-35-6-1-8-44(35)16-23(13-35)47-10-2-9-46-18-34-7-5-21(42-34)15-43(32)17-34/h3-4,11-12,14,21,23,42,45H,1-2,5-10,13,15-19H2/t21-,23+,34+,35+/m0/s1. The van der Waals surface area contributed by atoms with Crippen LogP contribution >= 0.6 is 0 Å². The van der Waals surface area contributed by atoms with Crippen molar-refractivity contribution in [1.29, 1.82) is 0 Å². The van der Waals surface area contributed by atoms with Gasteiger partial charge >= 0.3 is 6.01 Å². The van der Waals surface area contributed by atoms with E-state index >= 15 is 8.78 Å². The van der Waals surface area contributed by atoms with Crippen molar-refractivity contribution in [3.8, 4) is 23.0 Å². The largest absolute Gasteiger partial charge is 0.508 e. The third-order valence-electron chi connectivity index (χ3n) is 11.0. The number of rotatable bonds is 1. The monoisotopic (exact) mass is 662 g/mol. The Bertz CT molecular complexity index is 1930. The molecule has 0 amide bonds. The number of piperazine rings is 1. The second kappa shape index (κ2) is 11.4. The summed E-state index contributed by atoms with van der Waals surface area (Å²) in [6.45, 7) is 5.10. The smallest absolute Gasteiger partial charge is 0.319 e. The van der Waals surface area contributed by atoms with E-state index in [2.05, 4.69) is 25.1 Å². The van der Waals surface area contributed by atoms with E-state index in [1.165, 1.54) is 24.4 Å². The number of aromatic nitrogens is 3. The molecule has 0 saturated carbocycles. The number of hydrogen-bond acceptors (Lipinski definition) is 10. The Morgan fingerprint density at radius 1 is 1.00 bits per heavy atom. The van der Waals surface area contributed by atoms with Crippen molar-refractivity contribution < 1.29 is 32.5 Å². The molecule has 7 bridgehead atoms. The minimum Gasteiger partial charge on any atom is -0.508 e. The minimum absolute atomic E-state index is 0.0395. The van der Waals surface area contributed by atoms with E-state index in [0.29, 0.717) is 50.7 Å². The van der Waals surface area contributed by atoms with E-state index < -0.39 is 17.5 Å². The van der Waals surface area contributed by atoms with E-state index in [-0.39, 0.29) is 62.5 Å². The van der Waals surface area contributed by atoms with Gasteiger partial charge in [-0.15, -0.1) is 0 Å². The zero-order valence-electron chi connectivity index (χ0n) is 26.5. The molecule has 2 N–H and O–H groups in total. The lowest BCUT2D eigenvalue weighted by Crippen LogP contribution is -2.62. The van der Waals surface area contributed by atoms with Crippen LogP contribution in [-0.2, 0) is 9.47 Å². The summed E-state index contributed by atoms with van der Waals surface area (Å²) < 4.78 is 65.4. The quantitative estimate of drug-likeness (QED) is 0.298. The number of pyridine rings is 1. The molecule has 4 aromatic rings. The van der Waals surface area contributed by atoms with Gasteiger partial charge in [0, 0.05) is 56.0 Å². The molecule has 9 rings (SSSR count). The topological polar surface area (TPSA) is 105 Å². The van der Waals surface area contributed by atoms with Crippen molar-refractivity contribution >= 4 is 27.5 Å². The van der Waals surface area contributed by atoms with Crippen LogP contribution in [0.1, 0.15) is 38.5 Å². The van der Waals surface area contributed by atoms with Crippen LogP contribution < -0.4 is 15.0 Å². The second-order valence-corrected chi connectivity index (χ2v) is 14.2. The van der Waals surface area contributed by atoms with Crippen molar-refractivity contribution in [3.05, 3.63) is 47.9 Å². The third-order valence-corrected chi connectivity index (χ3v) is 11.0. The van der Waals surface area contributed by atoms with Crippen LogP contribution in [-0.4, -0.2) is 101 Å². The number of nitrogens with one attached hydrogen (secondary N) is 1. The zero-order valence-corrected chi connectivity index (χ0v) is 26.5. The van der Waals surface area contributed by atoms with Gasteiger partial charge in [-0.05, 0) is 68.7 Å². The first kappa shape index (κ1) is 30.3. The van der Waals surface area contributed by atoms with E-state index in [1.807, 2.05) is 0 Å². The number of halogens is 3. The Morgan fingerprint density at radius 3 is 2.83 bits per heavy atom. The average molecular weight is 663 g/mol. The van der Waals surface area contributed by atoms with Crippen molar-refractivity contribution in [1.82, 2.24) is 25.2 Å². The van der Waals surface area contributed by atoms with Gasteiger partial charge in [-0.25, -0.2) is 13.2 Å². The van der Waals surface area contributed by atoms with Crippen molar-refractivity contribution in [2.24, 2.45) is 0 Å². The molecule has 2 spiro atoms. The molecule has 13 heteroatoms. The second-order valence-electron chi connectivity index (χ2n) is 14.2. The highest BCUT2D eigenvalue weighted by molar-refractivity contribution is 6.00. The van der Waals surface area contributed by atoms with Gasteiger partial charge in [0.25, 0.3) is 0 Å². The van der Waals surface area contributed by atoms with Crippen LogP contribution in [0.2, 0.25) is 0 Å². The molecule has 2 aromatic carbocycles. The first-order chi connectivity index (χ1) is 23.3. The number of phenolic OH excluding ortho intramolecular Hbond substituents is 1. The van der Waals surface area contributed by atoms with Gasteiger partial charge < -0.3 is 29.5 Å². The van der Waals surface area contributed by atoms with Crippen molar-refractivity contribution in [2.45, 2.75) is 61.7 Å². The molecule has 0 aliphatic carbocycles. The lowest BCUT2D eigenvalue weighted by atomic mass is 9.94. The Balaban J connectivity index is 1.19. The molecule has 5 aliphatic heterocycles. The first-order valence-corrected chi connectivity index (χ1v) is 16.9. The normalized spacial score (nSPS) is 29.3. The van der Waals surface area contributed by atoms with Crippen LogP contribution in [0.5, 0.6) is 11.8 Å². The lowest BCUT2D eigenvalue weighted by Gasteiger charge is -2.42. The zero-order chi connectivity index (χ0) is 32.6. The minimum atomic E-state index is -1.15. The summed E-state index contributed by atoms with van der Waals surface area (Å²) in [4.78, 5) is 18.5. The highest BCUT2D eigenvalue weighted by atomic mass is 19.2. The van der Waals surface area contributed by atoms with Gasteiger partial charge in [0.15, 0.2) is 17.5 Å². The number of aromatic hydroxyl groups is 1. The Labute approximate surface area is 275 Å². The van der Waals surface area contributed by atoms with Crippen molar-refractivity contribution in [2.75, 3.05) is 57.5 Å². The maximum atomic E-state index is 16.9. The molecule has 10 nitrogen and oxygen atoms in total. The fraction of sp³-hybridized carbons (Fsp3) is 0.514. The highest BCUT2D eigenvalue weighted by Crippen LogP contribution is 2.42. The number of anilines is 1. The van der Waals surface area contributed by atoms with E-state index in [4.69, 9.17) is 19.2 Å². The van der Waals surface area contributed by atoms with Gasteiger partial charge in [-0.1, -0.05) is 6.07 Å². The molecule has 0 radical (unpaired) electrons. The van der Waals surface area contributed by atoms with Gasteiger partial charge in [0.2, 0.25) is 0 Å². The predicted molar refractivity (Wildman–Crippen MR) is 172 cm³/mol. The fourth-order valence-corrected chi connectivity index (χ4v) is 8.84. The van der Waals surface area contributed by atoms with Crippen LogP contribution in [0.3, 0.4) is 0 Å². The molecule has 4 saturated heterocycles. The summed E-state index contributed by atoms with van der Waals surface area (Å²) >= 11 is 0. The van der Waals surface area contributed by atoms with Crippen LogP contribution in [0.25, 0.3) is 32.9 Å². The Hall–Kier alpha value is -3.78. The van der Waals surface area contributed by atoms with E-state index in [9.17, 15) is 9.50 Å². The Morgan fingerprint density at radius 2 is 1.92 bits per heavy atom. The maximum absolute atomic E-state index is 16.9. The number of nitrogens with zero attached hydrogens (tertiary/aromatic N) is 5. The molecule has 4 atom stereocenters. The molecule has 5 aliphatic rings. The van der Waals surface area contributed by atoms with Crippen molar-refractivity contribution in [3.63, 3.8) is 0 Å². The van der Waals surface area contributed by atoms with Gasteiger partial charge in [0.1, 0.15) is 29.4 Å². The fourth-order valence-electron chi connectivity index (χ4n) is 8.84. The number of phenols is 1. The molecule has 252 valence electrons. The molecule has 4 fully saturated rings. The summed E-state index contributed by atoms with van der Waals surface area (Å²) in [5.74, 6) is -2.81. The number of fused-ring (bicyclic) bond motifs is 9. The van der Waals surface area contributed by atoms with E-state index in [0.717, 1.165) is 57.7 Å². The van der Waals surface area contributed by atoms with Crippen LogP contribution in [0.4, 0.5) is 19.0 Å². The highest BCUT2D eigenvalue weighted by Gasteiger charge is 2.50. The summed E-state index contributed by atoms with van der Waals surface area (Å²) in [6.07, 6.45) is 7.12. The van der Waals surface area contributed by atoms with Crippen LogP contribution in [0, 0.1) is 17.5 Å². The molecule has 48 heavy (non-hydrogen) atoms. The number of hydrogen-bond donors (Lipinski definition) is 2. The average Bonchev–Trinajstić information content (AvgIpc) is 3.72. The predicted octanol–water partition coefficient (Wildman–Crippen LogP) is 4.70. The van der Waals surface area contributed by atoms with Crippen LogP contribution in [0.15, 0.2) is 30.5 Å². The van der Waals surface area contributed by atoms with Gasteiger partial charge in [-0.3, -0.25) is 9.88 Å². The molecular weight excluding hydrogens is 625 g/mol. The maximum Gasteiger partial charge on any atom is 0.319 e. The summed E-state index contributed by atoms with van der Waals surface area (Å²) in [7, 11) is 0. The SMILES string of the molecule is Oc1cc(-c2ncc3c4nc(nc3c2F)OC[C@]23CCCN2C[C@@H](C3)OCCCOC[C@@]23CC[C@@H](CN4C2)N3)c2c(F)c(F)ccc2c1. The molecule has 2 aromatic heterocycles. The molecule has 0 unspecified atom stereocenters. The summed E-state index contributed by atoms with van der Waals surface area (Å²) in [5, 5.41) is 14.7. The summed E-state index contributed by atoms with van der Waals surface area (Å²) in [5.41, 5.74) is -0.912. The molecular formula is C35H37F3N6O4.